The summed E-state index contributed by atoms with van der Waals surface area (Å²) in [7, 11) is 0. The van der Waals surface area contributed by atoms with Crippen LogP contribution >= 0.6 is 0 Å². The maximum absolute atomic E-state index is 5.33. The third-order valence-corrected chi connectivity index (χ3v) is 1.96. The molecule has 0 saturated heterocycles. The molecule has 0 saturated carbocycles. The van der Waals surface area contributed by atoms with Crippen LogP contribution in [-0.2, 0) is 0 Å². The lowest BCUT2D eigenvalue weighted by Gasteiger charge is -2.01. The van der Waals surface area contributed by atoms with Gasteiger partial charge in [-0.25, -0.2) is 9.50 Å². The Labute approximate surface area is 87.6 Å². The van der Waals surface area contributed by atoms with Crippen LogP contribution in [0.3, 0.4) is 0 Å². The van der Waals surface area contributed by atoms with E-state index in [0.29, 0.717) is 6.54 Å². The molecular formula is C10H13N5. The SMILES string of the molecule is NC/C=C/CNc1ccn2nccc2n1. The predicted molar refractivity (Wildman–Crippen MR) is 59.7 cm³/mol. The summed E-state index contributed by atoms with van der Waals surface area (Å²) >= 11 is 0. The topological polar surface area (TPSA) is 68.2 Å². The van der Waals surface area contributed by atoms with Gasteiger partial charge < -0.3 is 11.1 Å². The van der Waals surface area contributed by atoms with Gasteiger partial charge in [0.15, 0.2) is 5.65 Å². The molecule has 0 radical (unpaired) electrons. The van der Waals surface area contributed by atoms with E-state index in [1.807, 2.05) is 30.5 Å². The Bertz CT molecular complexity index is 460. The predicted octanol–water partition coefficient (Wildman–Crippen LogP) is 0.656. The molecule has 3 N–H and O–H groups in total. The van der Waals surface area contributed by atoms with E-state index in [2.05, 4.69) is 15.4 Å². The minimum atomic E-state index is 0.566. The van der Waals surface area contributed by atoms with Crippen LogP contribution in [0.1, 0.15) is 0 Å². The van der Waals surface area contributed by atoms with E-state index in [9.17, 15) is 0 Å². The summed E-state index contributed by atoms with van der Waals surface area (Å²) in [5, 5.41) is 7.23. The van der Waals surface area contributed by atoms with Crippen molar-refractivity contribution in [1.82, 2.24) is 14.6 Å². The van der Waals surface area contributed by atoms with Gasteiger partial charge in [0.25, 0.3) is 0 Å². The Morgan fingerprint density at radius 3 is 3.20 bits per heavy atom. The van der Waals surface area contributed by atoms with Gasteiger partial charge in [-0.2, -0.15) is 5.10 Å². The lowest BCUT2D eigenvalue weighted by molar-refractivity contribution is 0.939. The molecule has 2 aromatic rings. The van der Waals surface area contributed by atoms with Crippen LogP contribution in [0.25, 0.3) is 5.65 Å². The zero-order valence-electron chi connectivity index (χ0n) is 8.30. The summed E-state index contributed by atoms with van der Waals surface area (Å²) in [4.78, 5) is 4.36. The molecule has 5 nitrogen and oxygen atoms in total. The minimum Gasteiger partial charge on any atom is -0.366 e. The van der Waals surface area contributed by atoms with Crippen LogP contribution in [0.15, 0.2) is 36.7 Å². The maximum Gasteiger partial charge on any atom is 0.157 e. The van der Waals surface area contributed by atoms with E-state index in [1.54, 1.807) is 10.7 Å². The fraction of sp³-hybridized carbons (Fsp3) is 0.200. The summed E-state index contributed by atoms with van der Waals surface area (Å²) in [6.45, 7) is 1.30. The zero-order valence-corrected chi connectivity index (χ0v) is 8.30. The van der Waals surface area contributed by atoms with Crippen molar-refractivity contribution in [1.29, 1.82) is 0 Å². The Morgan fingerprint density at radius 2 is 2.33 bits per heavy atom. The molecule has 2 rings (SSSR count). The molecule has 0 atom stereocenters. The number of fused-ring (bicyclic) bond motifs is 1. The van der Waals surface area contributed by atoms with Gasteiger partial charge in [0.05, 0.1) is 6.20 Å². The molecular weight excluding hydrogens is 190 g/mol. The molecule has 0 aliphatic carbocycles. The van der Waals surface area contributed by atoms with E-state index < -0.39 is 0 Å². The average molecular weight is 203 g/mol. The van der Waals surface area contributed by atoms with Gasteiger partial charge in [-0.3, -0.25) is 0 Å². The van der Waals surface area contributed by atoms with Crippen molar-refractivity contribution < 1.29 is 0 Å². The van der Waals surface area contributed by atoms with Gasteiger partial charge in [0.1, 0.15) is 5.82 Å². The van der Waals surface area contributed by atoms with Crippen molar-refractivity contribution in [2.24, 2.45) is 5.73 Å². The quantitative estimate of drug-likeness (QED) is 0.716. The Balaban J connectivity index is 2.04. The lowest BCUT2D eigenvalue weighted by Crippen LogP contribution is -2.03. The van der Waals surface area contributed by atoms with E-state index in [4.69, 9.17) is 5.73 Å². The van der Waals surface area contributed by atoms with Gasteiger partial charge >= 0.3 is 0 Å². The minimum absolute atomic E-state index is 0.566. The Kier molecular flexibility index (Phi) is 2.94. The largest absolute Gasteiger partial charge is 0.366 e. The van der Waals surface area contributed by atoms with E-state index in [1.165, 1.54) is 0 Å². The van der Waals surface area contributed by atoms with Crippen LogP contribution < -0.4 is 11.1 Å². The first-order valence-corrected chi connectivity index (χ1v) is 4.79. The second-order valence-corrected chi connectivity index (χ2v) is 3.03. The third-order valence-electron chi connectivity index (χ3n) is 1.96. The highest BCUT2D eigenvalue weighted by atomic mass is 15.2. The molecule has 0 bridgehead atoms. The van der Waals surface area contributed by atoms with Crippen LogP contribution in [0.5, 0.6) is 0 Å². The van der Waals surface area contributed by atoms with Crippen molar-refractivity contribution in [2.45, 2.75) is 0 Å². The standard InChI is InChI=1S/C10H13N5/c11-5-1-2-6-12-9-4-8-15-10(14-9)3-7-13-15/h1-4,7-8H,5-6,11H2,(H,12,14)/b2-1+. The van der Waals surface area contributed by atoms with Crippen molar-refractivity contribution in [2.75, 3.05) is 18.4 Å². The number of rotatable bonds is 4. The molecule has 0 amide bonds. The van der Waals surface area contributed by atoms with Crippen LogP contribution in [0.4, 0.5) is 5.82 Å². The van der Waals surface area contributed by atoms with Crippen LogP contribution in [-0.4, -0.2) is 27.7 Å². The monoisotopic (exact) mass is 203 g/mol. The van der Waals surface area contributed by atoms with E-state index >= 15 is 0 Å². The van der Waals surface area contributed by atoms with Gasteiger partial charge in [-0.05, 0) is 6.07 Å². The lowest BCUT2D eigenvalue weighted by atomic mass is 10.4. The summed E-state index contributed by atoms with van der Waals surface area (Å²) in [5.41, 5.74) is 6.16. The number of nitrogens with one attached hydrogen (secondary N) is 1. The number of hydrogen-bond donors (Lipinski definition) is 2. The number of nitrogens with two attached hydrogens (primary N) is 1. The zero-order chi connectivity index (χ0) is 10.5. The molecule has 0 unspecified atom stereocenters. The molecule has 15 heavy (non-hydrogen) atoms. The second-order valence-electron chi connectivity index (χ2n) is 3.03. The Morgan fingerprint density at radius 1 is 1.40 bits per heavy atom. The first-order chi connectivity index (χ1) is 7.40. The van der Waals surface area contributed by atoms with Gasteiger partial charge in [-0.15, -0.1) is 0 Å². The summed E-state index contributed by atoms with van der Waals surface area (Å²) < 4.78 is 1.72. The normalized spacial score (nSPS) is 11.3. The number of nitrogens with zero attached hydrogens (tertiary/aromatic N) is 3. The fourth-order valence-electron chi connectivity index (χ4n) is 1.25. The van der Waals surface area contributed by atoms with Crippen molar-refractivity contribution in [3.63, 3.8) is 0 Å². The average Bonchev–Trinajstić information content (AvgIpc) is 2.71. The Hall–Kier alpha value is -1.88. The molecule has 2 aromatic heterocycles. The highest BCUT2D eigenvalue weighted by Crippen LogP contribution is 2.04. The molecule has 0 aromatic carbocycles. The summed E-state index contributed by atoms with van der Waals surface area (Å²) in [6.07, 6.45) is 7.48. The highest BCUT2D eigenvalue weighted by molar-refractivity contribution is 5.45. The molecule has 78 valence electrons. The fourth-order valence-corrected chi connectivity index (χ4v) is 1.25. The number of anilines is 1. The number of aromatic nitrogens is 3. The molecule has 5 heteroatoms. The second kappa shape index (κ2) is 4.56. The number of hydrogen-bond acceptors (Lipinski definition) is 4. The van der Waals surface area contributed by atoms with Crippen LogP contribution in [0, 0.1) is 0 Å². The molecule has 2 heterocycles. The summed E-state index contributed by atoms with van der Waals surface area (Å²) in [5.74, 6) is 0.838. The van der Waals surface area contributed by atoms with Crippen molar-refractivity contribution in [3.05, 3.63) is 36.7 Å². The maximum atomic E-state index is 5.33. The third kappa shape index (κ3) is 2.32. The van der Waals surface area contributed by atoms with E-state index in [0.717, 1.165) is 18.0 Å². The van der Waals surface area contributed by atoms with Gasteiger partial charge in [0.2, 0.25) is 0 Å². The van der Waals surface area contributed by atoms with Gasteiger partial charge in [0, 0.05) is 25.4 Å². The van der Waals surface area contributed by atoms with Gasteiger partial charge in [-0.1, -0.05) is 12.2 Å². The first-order valence-electron chi connectivity index (χ1n) is 4.79. The van der Waals surface area contributed by atoms with Crippen LogP contribution in [0.2, 0.25) is 0 Å². The summed E-state index contributed by atoms with van der Waals surface area (Å²) in [6, 6.07) is 3.75. The molecule has 0 spiro atoms. The van der Waals surface area contributed by atoms with Crippen molar-refractivity contribution in [3.8, 4) is 0 Å². The molecule has 0 aliphatic rings. The molecule has 0 fully saturated rings. The van der Waals surface area contributed by atoms with Crippen molar-refractivity contribution >= 4 is 11.5 Å². The molecule has 0 aliphatic heterocycles. The smallest absolute Gasteiger partial charge is 0.157 e. The first kappa shape index (κ1) is 9.67. The highest BCUT2D eigenvalue weighted by Gasteiger charge is 1.95. The van der Waals surface area contributed by atoms with E-state index in [-0.39, 0.29) is 0 Å².